The number of alkyl halides is 2. The number of amides is 4. The van der Waals surface area contributed by atoms with Gasteiger partial charge in [0.2, 0.25) is 5.91 Å². The maximum Gasteiger partial charge on any atom is 0.272 e. The number of rotatable bonds is 18. The van der Waals surface area contributed by atoms with Gasteiger partial charge in [-0.05, 0) is 66.9 Å². The highest BCUT2D eigenvalue weighted by molar-refractivity contribution is 6.18. The third-order valence-electron chi connectivity index (χ3n) is 7.98. The summed E-state index contributed by atoms with van der Waals surface area (Å²) in [5, 5.41) is 18.4. The summed E-state index contributed by atoms with van der Waals surface area (Å²) in [5.41, 5.74) is 9.97. The number of nitrogens with two attached hydrogens (primary N) is 1. The fourth-order valence-electron chi connectivity index (χ4n) is 5.35. The zero-order valence-corrected chi connectivity index (χ0v) is 30.1. The van der Waals surface area contributed by atoms with Gasteiger partial charge in [0.05, 0.1) is 17.2 Å². The highest BCUT2D eigenvalue weighted by atomic mass is 35.5. The maximum atomic E-state index is 13.1. The van der Waals surface area contributed by atoms with E-state index in [1.54, 1.807) is 72.0 Å². The molecule has 4 rings (SSSR count). The van der Waals surface area contributed by atoms with Gasteiger partial charge in [0.15, 0.2) is 0 Å². The molecule has 0 fully saturated rings. The molecule has 0 aliphatic heterocycles. The molecule has 13 nitrogen and oxygen atoms in total. The molecule has 4 aromatic rings. The normalized spacial score (nSPS) is 10.7. The molecule has 270 valence electrons. The van der Waals surface area contributed by atoms with Crippen molar-refractivity contribution in [2.45, 2.75) is 25.7 Å². The van der Waals surface area contributed by atoms with Crippen LogP contribution >= 0.6 is 23.2 Å². The van der Waals surface area contributed by atoms with Gasteiger partial charge in [-0.1, -0.05) is 12.1 Å². The molecule has 2 heterocycles. The summed E-state index contributed by atoms with van der Waals surface area (Å²) in [6.45, 7) is 1.67. The average molecular weight is 737 g/mol. The molecule has 0 saturated carbocycles. The van der Waals surface area contributed by atoms with Crippen LogP contribution in [0, 0.1) is 5.41 Å². The van der Waals surface area contributed by atoms with Crippen LogP contribution in [-0.2, 0) is 25.3 Å². The van der Waals surface area contributed by atoms with Gasteiger partial charge in [0, 0.05) is 87.7 Å². The van der Waals surface area contributed by atoms with Crippen LogP contribution in [-0.4, -0.2) is 70.0 Å². The third-order valence-corrected chi connectivity index (χ3v) is 8.32. The van der Waals surface area contributed by atoms with Crippen molar-refractivity contribution in [1.82, 2.24) is 14.5 Å². The summed E-state index contributed by atoms with van der Waals surface area (Å²) >= 11 is 11.8. The monoisotopic (exact) mass is 735 g/mol. The first-order valence-corrected chi connectivity index (χ1v) is 17.5. The molecule has 0 radical (unpaired) electrons. The van der Waals surface area contributed by atoms with Gasteiger partial charge in [0.1, 0.15) is 11.4 Å². The number of halogens is 2. The minimum Gasteiger partial charge on any atom is -0.388 e. The van der Waals surface area contributed by atoms with Crippen LogP contribution in [0.3, 0.4) is 0 Å². The largest absolute Gasteiger partial charge is 0.388 e. The van der Waals surface area contributed by atoms with E-state index in [1.165, 1.54) is 0 Å². The molecular formula is C36H43Cl2N9O4. The fourth-order valence-corrected chi connectivity index (χ4v) is 5.75. The molecule has 0 saturated heterocycles. The zero-order valence-electron chi connectivity index (χ0n) is 28.6. The number of anilines is 4. The second kappa shape index (κ2) is 18.6. The molecule has 0 atom stereocenters. The quantitative estimate of drug-likeness (QED) is 0.0466. The van der Waals surface area contributed by atoms with Crippen LogP contribution in [0.5, 0.6) is 0 Å². The molecule has 51 heavy (non-hydrogen) atoms. The number of nitrogens with one attached hydrogen (secondary N) is 5. The van der Waals surface area contributed by atoms with E-state index in [9.17, 15) is 19.2 Å². The Morgan fingerprint density at radius 3 is 1.90 bits per heavy atom. The van der Waals surface area contributed by atoms with Crippen molar-refractivity contribution in [3.8, 4) is 0 Å². The highest BCUT2D eigenvalue weighted by Crippen LogP contribution is 2.20. The predicted octanol–water partition coefficient (Wildman–Crippen LogP) is 5.17. The van der Waals surface area contributed by atoms with Crippen LogP contribution in [0.1, 0.15) is 56.2 Å². The summed E-state index contributed by atoms with van der Waals surface area (Å²) in [4.78, 5) is 53.2. The van der Waals surface area contributed by atoms with Gasteiger partial charge >= 0.3 is 0 Å². The molecule has 2 aromatic carbocycles. The number of amidine groups is 1. The Morgan fingerprint density at radius 2 is 1.31 bits per heavy atom. The zero-order chi connectivity index (χ0) is 36.9. The van der Waals surface area contributed by atoms with Gasteiger partial charge in [-0.3, -0.25) is 24.6 Å². The number of benzene rings is 2. The van der Waals surface area contributed by atoms with Crippen LogP contribution in [0.15, 0.2) is 73.1 Å². The number of carbonyl (C=O) groups is 4. The number of nitrogens with zero attached hydrogens (tertiary/aromatic N) is 3. The van der Waals surface area contributed by atoms with Crippen molar-refractivity contribution in [3.05, 3.63) is 95.6 Å². The van der Waals surface area contributed by atoms with E-state index in [1.807, 2.05) is 12.1 Å². The van der Waals surface area contributed by atoms with Crippen molar-refractivity contribution >= 4 is 75.4 Å². The lowest BCUT2D eigenvalue weighted by molar-refractivity contribution is -0.116. The number of aromatic nitrogens is 2. The lowest BCUT2D eigenvalue weighted by Crippen LogP contribution is -2.28. The smallest absolute Gasteiger partial charge is 0.272 e. The molecule has 0 bridgehead atoms. The van der Waals surface area contributed by atoms with Gasteiger partial charge in [-0.2, -0.15) is 0 Å². The molecule has 0 unspecified atom stereocenters. The molecule has 7 N–H and O–H groups in total. The third kappa shape index (κ3) is 11.4. The minimum absolute atomic E-state index is 0.0216. The van der Waals surface area contributed by atoms with E-state index in [0.717, 1.165) is 30.8 Å². The Labute approximate surface area is 307 Å². The molecule has 0 aliphatic carbocycles. The SMILES string of the molecule is Cn1cc(NC(=O)c2ccc(NC(=O)c3cc(NC(=O)CCCc4ccc(N(CCCl)CCCl)cc4)cn3C)cc2)cc1C(=O)NCCC(=N)N. The van der Waals surface area contributed by atoms with E-state index in [2.05, 4.69) is 38.3 Å². The summed E-state index contributed by atoms with van der Waals surface area (Å²) in [7, 11) is 3.40. The first kappa shape index (κ1) is 38.5. The van der Waals surface area contributed by atoms with Gasteiger partial charge in [-0.15, -0.1) is 23.2 Å². The Bertz CT molecular complexity index is 1830. The summed E-state index contributed by atoms with van der Waals surface area (Å²) in [5.74, 6) is -0.254. The lowest BCUT2D eigenvalue weighted by Gasteiger charge is -2.23. The van der Waals surface area contributed by atoms with Crippen molar-refractivity contribution in [2.75, 3.05) is 52.2 Å². The number of aryl methyl sites for hydroxylation is 3. The van der Waals surface area contributed by atoms with E-state index >= 15 is 0 Å². The standard InChI is InChI=1S/C36H43Cl2N9O4/c1-45-23-28(21-30(45)35(50)41-17-14-32(39)40)44-34(49)25-8-10-26(11-9-25)43-36(51)31-20-27(22-46(31)2)42-33(48)5-3-4-24-6-12-29(13-7-24)47(18-15-37)19-16-38/h6-13,20-23H,3-5,14-19H2,1-2H3,(H3,39,40)(H,41,50)(H,42,48)(H,43,51)(H,44,49). The molecule has 0 spiro atoms. The van der Waals surface area contributed by atoms with Crippen molar-refractivity contribution in [2.24, 2.45) is 19.8 Å². The highest BCUT2D eigenvalue weighted by Gasteiger charge is 2.16. The molecule has 2 aromatic heterocycles. The maximum absolute atomic E-state index is 13.1. The Balaban J connectivity index is 1.24. The van der Waals surface area contributed by atoms with E-state index in [-0.39, 0.29) is 36.5 Å². The molecule has 0 aliphatic rings. The number of hydrogen-bond donors (Lipinski definition) is 6. The van der Waals surface area contributed by atoms with Crippen LogP contribution in [0.4, 0.5) is 22.7 Å². The molecule has 15 heteroatoms. The molecular weight excluding hydrogens is 693 g/mol. The topological polar surface area (TPSA) is 179 Å². The van der Waals surface area contributed by atoms with Crippen LogP contribution in [0.25, 0.3) is 0 Å². The van der Waals surface area contributed by atoms with Crippen molar-refractivity contribution < 1.29 is 19.2 Å². The Morgan fingerprint density at radius 1 is 0.745 bits per heavy atom. The minimum atomic E-state index is -0.393. The van der Waals surface area contributed by atoms with Crippen molar-refractivity contribution in [3.63, 3.8) is 0 Å². The molecule has 4 amide bonds. The first-order valence-electron chi connectivity index (χ1n) is 16.4. The Kier molecular flexibility index (Phi) is 14.1. The fraction of sp³-hybridized carbons (Fsp3) is 0.306. The van der Waals surface area contributed by atoms with Gasteiger partial charge < -0.3 is 41.0 Å². The number of carbonyl (C=O) groups excluding carboxylic acids is 4. The average Bonchev–Trinajstić information content (AvgIpc) is 3.65. The second-order valence-corrected chi connectivity index (χ2v) is 12.7. The summed E-state index contributed by atoms with van der Waals surface area (Å²) in [6, 6.07) is 17.7. The lowest BCUT2D eigenvalue weighted by atomic mass is 10.1. The Hall–Kier alpha value is -5.27. The number of hydrogen-bond acceptors (Lipinski definition) is 6. The second-order valence-electron chi connectivity index (χ2n) is 11.9. The van der Waals surface area contributed by atoms with Crippen molar-refractivity contribution in [1.29, 1.82) is 5.41 Å². The summed E-state index contributed by atoms with van der Waals surface area (Å²) in [6.07, 6.45) is 5.27. The summed E-state index contributed by atoms with van der Waals surface area (Å²) < 4.78 is 3.21. The predicted molar refractivity (Wildman–Crippen MR) is 204 cm³/mol. The van der Waals surface area contributed by atoms with Crippen LogP contribution < -0.4 is 31.9 Å². The van der Waals surface area contributed by atoms with E-state index < -0.39 is 5.91 Å². The van der Waals surface area contributed by atoms with E-state index in [4.69, 9.17) is 34.3 Å². The van der Waals surface area contributed by atoms with Gasteiger partial charge in [-0.25, -0.2) is 0 Å². The van der Waals surface area contributed by atoms with Crippen LogP contribution in [0.2, 0.25) is 0 Å². The first-order chi connectivity index (χ1) is 24.5. The van der Waals surface area contributed by atoms with Gasteiger partial charge in [0.25, 0.3) is 17.7 Å². The van der Waals surface area contributed by atoms with E-state index in [0.29, 0.717) is 58.6 Å².